The quantitative estimate of drug-likeness (QED) is 0.321. The van der Waals surface area contributed by atoms with Gasteiger partial charge in [-0.25, -0.2) is 9.97 Å². The second kappa shape index (κ2) is 9.57. The third-order valence-corrected chi connectivity index (χ3v) is 6.93. The van der Waals surface area contributed by atoms with Crippen LogP contribution in [-0.4, -0.2) is 20.6 Å². The zero-order valence-corrected chi connectivity index (χ0v) is 19.2. The van der Waals surface area contributed by atoms with Gasteiger partial charge < -0.3 is 15.2 Å². The Hall–Kier alpha value is -3.12. The minimum atomic E-state index is 0.619. The topological polar surface area (TPSA) is 54.8 Å². The maximum absolute atomic E-state index is 4.83. The van der Waals surface area contributed by atoms with Crippen molar-refractivity contribution < 1.29 is 0 Å². The number of hydrogen-bond acceptors (Lipinski definition) is 5. The minimum Gasteiger partial charge on any atom is -0.382 e. The lowest BCUT2D eigenvalue weighted by Gasteiger charge is -2.24. The van der Waals surface area contributed by atoms with Crippen molar-refractivity contribution in [3.8, 4) is 16.9 Å². The fourth-order valence-electron chi connectivity index (χ4n) is 4.38. The molecular weight excluding hydrogens is 414 g/mol. The lowest BCUT2D eigenvalue weighted by Crippen LogP contribution is -2.22. The maximum Gasteiger partial charge on any atom is 0.187 e. The fourth-order valence-corrected chi connectivity index (χ4v) is 5.11. The molecule has 1 aliphatic carbocycles. The molecule has 1 saturated carbocycles. The largest absolute Gasteiger partial charge is 0.382 e. The highest BCUT2D eigenvalue weighted by atomic mass is 32.1. The number of aryl methyl sites for hydroxylation is 1. The van der Waals surface area contributed by atoms with Crippen molar-refractivity contribution in [2.45, 2.75) is 51.5 Å². The summed E-state index contributed by atoms with van der Waals surface area (Å²) in [6.07, 6.45) is 13.2. The standard InChI is InChI=1S/C26H29N5S/c1-2-19-16-22(28-21-6-4-3-5-7-21)10-13-24(19)29-26-30-25(17-32-26)20-8-11-23(12-9-20)31-15-14-27-18-31/h8-18,21,28H,2-7H2,1H3,(H,29,30). The van der Waals surface area contributed by atoms with Crippen LogP contribution in [-0.2, 0) is 6.42 Å². The number of hydrogen-bond donors (Lipinski definition) is 2. The summed E-state index contributed by atoms with van der Waals surface area (Å²) in [6, 6.07) is 15.7. The Morgan fingerprint density at radius 3 is 2.66 bits per heavy atom. The Bertz CT molecular complexity index is 1140. The third-order valence-electron chi connectivity index (χ3n) is 6.17. The Labute approximate surface area is 193 Å². The molecule has 2 aromatic carbocycles. The lowest BCUT2D eigenvalue weighted by molar-refractivity contribution is 0.463. The minimum absolute atomic E-state index is 0.619. The first kappa shape index (κ1) is 20.8. The van der Waals surface area contributed by atoms with Crippen molar-refractivity contribution in [1.82, 2.24) is 14.5 Å². The van der Waals surface area contributed by atoms with Gasteiger partial charge in [-0.1, -0.05) is 38.3 Å². The summed E-state index contributed by atoms with van der Waals surface area (Å²) in [5, 5.41) is 10.3. The van der Waals surface area contributed by atoms with Gasteiger partial charge in [0.25, 0.3) is 0 Å². The van der Waals surface area contributed by atoms with E-state index in [-0.39, 0.29) is 0 Å². The first-order valence-corrected chi connectivity index (χ1v) is 12.4. The summed E-state index contributed by atoms with van der Waals surface area (Å²) in [4.78, 5) is 8.94. The van der Waals surface area contributed by atoms with Crippen LogP contribution in [0.3, 0.4) is 0 Å². The van der Waals surface area contributed by atoms with Gasteiger partial charge in [-0.2, -0.15) is 0 Å². The van der Waals surface area contributed by atoms with Gasteiger partial charge in [0.05, 0.1) is 12.0 Å². The second-order valence-corrected chi connectivity index (χ2v) is 9.24. The molecule has 0 saturated heterocycles. The van der Waals surface area contributed by atoms with Crippen LogP contribution in [0.4, 0.5) is 16.5 Å². The first-order valence-electron chi connectivity index (χ1n) is 11.5. The molecular formula is C26H29N5S. The highest BCUT2D eigenvalue weighted by Gasteiger charge is 2.14. The Morgan fingerprint density at radius 2 is 1.91 bits per heavy atom. The SMILES string of the molecule is CCc1cc(NC2CCCCC2)ccc1Nc1nc(-c2ccc(-n3ccnc3)cc2)cs1. The number of nitrogens with zero attached hydrogens (tertiary/aromatic N) is 3. The Kier molecular flexibility index (Phi) is 6.21. The molecule has 0 amide bonds. The summed E-state index contributed by atoms with van der Waals surface area (Å²) in [6.45, 7) is 2.21. The zero-order chi connectivity index (χ0) is 21.8. The van der Waals surface area contributed by atoms with E-state index in [4.69, 9.17) is 4.98 Å². The average Bonchev–Trinajstić information content (AvgIpc) is 3.54. The number of anilines is 3. The van der Waals surface area contributed by atoms with Crippen molar-refractivity contribution in [3.05, 3.63) is 72.1 Å². The van der Waals surface area contributed by atoms with Crippen LogP contribution >= 0.6 is 11.3 Å². The number of benzene rings is 2. The normalized spacial score (nSPS) is 14.4. The van der Waals surface area contributed by atoms with E-state index in [2.05, 4.69) is 70.4 Å². The highest BCUT2D eigenvalue weighted by molar-refractivity contribution is 7.14. The second-order valence-electron chi connectivity index (χ2n) is 8.38. The van der Waals surface area contributed by atoms with Gasteiger partial charge in [-0.05, 0) is 55.2 Å². The van der Waals surface area contributed by atoms with Crippen LogP contribution in [0.25, 0.3) is 16.9 Å². The van der Waals surface area contributed by atoms with Crippen LogP contribution in [0, 0.1) is 0 Å². The smallest absolute Gasteiger partial charge is 0.187 e. The van der Waals surface area contributed by atoms with Crippen molar-refractivity contribution in [2.24, 2.45) is 0 Å². The summed E-state index contributed by atoms with van der Waals surface area (Å²) in [5.41, 5.74) is 6.88. The van der Waals surface area contributed by atoms with Gasteiger partial charge in [0, 0.05) is 46.4 Å². The van der Waals surface area contributed by atoms with Crippen molar-refractivity contribution in [2.75, 3.05) is 10.6 Å². The van der Waals surface area contributed by atoms with Crippen LogP contribution in [0.2, 0.25) is 0 Å². The van der Waals surface area contributed by atoms with Crippen LogP contribution in [0.15, 0.2) is 66.6 Å². The third kappa shape index (κ3) is 4.70. The van der Waals surface area contributed by atoms with E-state index in [1.807, 2.05) is 10.8 Å². The molecule has 6 heteroatoms. The van der Waals surface area contributed by atoms with Gasteiger partial charge in [-0.15, -0.1) is 11.3 Å². The summed E-state index contributed by atoms with van der Waals surface area (Å²) in [5.74, 6) is 0. The molecule has 32 heavy (non-hydrogen) atoms. The molecule has 0 spiro atoms. The van der Waals surface area contributed by atoms with E-state index >= 15 is 0 Å². The maximum atomic E-state index is 4.83. The first-order chi connectivity index (χ1) is 15.8. The number of rotatable bonds is 7. The molecule has 2 aromatic heterocycles. The van der Waals surface area contributed by atoms with Gasteiger partial charge in [0.1, 0.15) is 0 Å². The van der Waals surface area contributed by atoms with Crippen LogP contribution < -0.4 is 10.6 Å². The molecule has 5 rings (SSSR count). The number of imidazole rings is 1. The van der Waals surface area contributed by atoms with Crippen LogP contribution in [0.1, 0.15) is 44.6 Å². The molecule has 0 bridgehead atoms. The summed E-state index contributed by atoms with van der Waals surface area (Å²) >= 11 is 1.64. The fraction of sp³-hybridized carbons (Fsp3) is 0.308. The molecule has 4 aromatic rings. The average molecular weight is 444 g/mol. The summed E-state index contributed by atoms with van der Waals surface area (Å²) < 4.78 is 2.00. The predicted octanol–water partition coefficient (Wildman–Crippen LogP) is 7.05. The monoisotopic (exact) mass is 443 g/mol. The Morgan fingerprint density at radius 1 is 1.06 bits per heavy atom. The van der Waals surface area contributed by atoms with E-state index in [1.54, 1.807) is 23.9 Å². The van der Waals surface area contributed by atoms with Gasteiger partial charge >= 0.3 is 0 Å². The van der Waals surface area contributed by atoms with Gasteiger partial charge in [0.2, 0.25) is 0 Å². The molecule has 1 fully saturated rings. The van der Waals surface area contributed by atoms with Gasteiger partial charge in [-0.3, -0.25) is 0 Å². The van der Waals surface area contributed by atoms with Crippen molar-refractivity contribution in [3.63, 3.8) is 0 Å². The Balaban J connectivity index is 1.28. The van der Waals surface area contributed by atoms with Gasteiger partial charge in [0.15, 0.2) is 5.13 Å². The molecule has 164 valence electrons. The molecule has 0 unspecified atom stereocenters. The summed E-state index contributed by atoms with van der Waals surface area (Å²) in [7, 11) is 0. The van der Waals surface area contributed by atoms with Crippen molar-refractivity contribution in [1.29, 1.82) is 0 Å². The predicted molar refractivity (Wildman–Crippen MR) is 134 cm³/mol. The van der Waals surface area contributed by atoms with E-state index < -0.39 is 0 Å². The molecule has 0 aliphatic heterocycles. The molecule has 1 aliphatic rings. The molecule has 0 atom stereocenters. The molecule has 5 nitrogen and oxygen atoms in total. The molecule has 0 radical (unpaired) electrons. The number of nitrogens with one attached hydrogen (secondary N) is 2. The molecule has 2 heterocycles. The number of aromatic nitrogens is 3. The van der Waals surface area contributed by atoms with Crippen molar-refractivity contribution >= 4 is 27.8 Å². The highest BCUT2D eigenvalue weighted by Crippen LogP contribution is 2.31. The van der Waals surface area contributed by atoms with E-state index in [9.17, 15) is 0 Å². The molecule has 2 N–H and O–H groups in total. The van der Waals surface area contributed by atoms with Crippen LogP contribution in [0.5, 0.6) is 0 Å². The van der Waals surface area contributed by atoms with E-state index in [0.717, 1.165) is 34.2 Å². The van der Waals surface area contributed by atoms with E-state index in [1.165, 1.54) is 43.4 Å². The lowest BCUT2D eigenvalue weighted by atomic mass is 9.95. The van der Waals surface area contributed by atoms with E-state index in [0.29, 0.717) is 6.04 Å². The zero-order valence-electron chi connectivity index (χ0n) is 18.4. The number of thiazole rings is 1.